The van der Waals surface area contributed by atoms with Crippen molar-refractivity contribution >= 4 is 5.97 Å². The Hall–Kier alpha value is -3.91. The van der Waals surface area contributed by atoms with Gasteiger partial charge in [-0.25, -0.2) is 14.6 Å². The first-order valence-electron chi connectivity index (χ1n) is 7.40. The topological polar surface area (TPSA) is 107 Å². The number of benzene rings is 2. The molecule has 1 atom stereocenters. The molecule has 0 spiro atoms. The van der Waals surface area contributed by atoms with E-state index in [1.165, 1.54) is 12.1 Å². The van der Waals surface area contributed by atoms with Gasteiger partial charge in [-0.1, -0.05) is 23.1 Å². The number of nitrogens with one attached hydrogen (secondary N) is 1. The third kappa shape index (κ3) is 3.60. The fourth-order valence-electron chi connectivity index (χ4n) is 2.21. The number of carbonyl (C=O) groups is 1. The average Bonchev–Trinajstić information content (AvgIpc) is 3.09. The lowest BCUT2D eigenvalue weighted by Crippen LogP contribution is -2.54. The van der Waals surface area contributed by atoms with Gasteiger partial charge in [0, 0.05) is 17.2 Å². The lowest BCUT2D eigenvalue weighted by Gasteiger charge is -2.23. The molecule has 26 heavy (non-hydrogen) atoms. The summed E-state index contributed by atoms with van der Waals surface area (Å²) in [6.07, 6.45) is 0. The first kappa shape index (κ1) is 16.9. The van der Waals surface area contributed by atoms with Gasteiger partial charge in [0.05, 0.1) is 11.6 Å². The van der Waals surface area contributed by atoms with Crippen molar-refractivity contribution in [2.45, 2.75) is 5.72 Å². The molecule has 8 heteroatoms. The van der Waals surface area contributed by atoms with Crippen molar-refractivity contribution in [1.29, 1.82) is 5.26 Å². The zero-order valence-electron chi connectivity index (χ0n) is 13.2. The minimum absolute atomic E-state index is 0.0257. The second kappa shape index (κ2) is 6.91. The highest BCUT2D eigenvalue weighted by atomic mass is 19.1. The fourth-order valence-corrected chi connectivity index (χ4v) is 2.21. The molecule has 2 N–H and O–H groups in total. The minimum Gasteiger partial charge on any atom is -0.477 e. The van der Waals surface area contributed by atoms with Crippen LogP contribution in [0, 0.1) is 29.0 Å². The average molecular weight is 350 g/mol. The lowest BCUT2D eigenvalue weighted by atomic mass is 10.1. The van der Waals surface area contributed by atoms with Gasteiger partial charge < -0.3 is 9.84 Å². The Morgan fingerprint density at radius 1 is 1.23 bits per heavy atom. The smallest absolute Gasteiger partial charge is 0.373 e. The van der Waals surface area contributed by atoms with Crippen molar-refractivity contribution < 1.29 is 19.0 Å². The predicted molar refractivity (Wildman–Crippen MR) is 87.4 cm³/mol. The van der Waals surface area contributed by atoms with E-state index < -0.39 is 17.5 Å². The van der Waals surface area contributed by atoms with Crippen molar-refractivity contribution in [3.63, 3.8) is 0 Å². The number of carboxylic acid groups (broad SMARTS) is 1. The second-order valence-corrected chi connectivity index (χ2v) is 5.36. The summed E-state index contributed by atoms with van der Waals surface area (Å²) in [5, 5.41) is 25.2. The SMILES string of the molecule is N#Cc1cccc(C#Cc2cc(F)cc(OC3(C(=O)O)CN=NN3)c2)c1. The van der Waals surface area contributed by atoms with Crippen LogP contribution in [0.4, 0.5) is 4.39 Å². The molecule has 0 aliphatic carbocycles. The molecule has 2 aromatic carbocycles. The van der Waals surface area contributed by atoms with E-state index >= 15 is 0 Å². The molecule has 1 unspecified atom stereocenters. The summed E-state index contributed by atoms with van der Waals surface area (Å²) in [5.41, 5.74) is 1.74. The largest absolute Gasteiger partial charge is 0.477 e. The predicted octanol–water partition coefficient (Wildman–Crippen LogP) is 2.23. The van der Waals surface area contributed by atoms with Gasteiger partial charge in [0.1, 0.15) is 18.1 Å². The zero-order chi connectivity index (χ0) is 18.6. The summed E-state index contributed by atoms with van der Waals surface area (Å²) in [7, 11) is 0. The van der Waals surface area contributed by atoms with Crippen LogP contribution in [0.25, 0.3) is 0 Å². The van der Waals surface area contributed by atoms with Crippen LogP contribution in [-0.2, 0) is 4.79 Å². The Bertz CT molecular complexity index is 993. The van der Waals surface area contributed by atoms with Gasteiger partial charge in [0.2, 0.25) is 0 Å². The molecule has 0 amide bonds. The van der Waals surface area contributed by atoms with E-state index in [2.05, 4.69) is 27.6 Å². The van der Waals surface area contributed by atoms with Gasteiger partial charge in [-0.3, -0.25) is 0 Å². The van der Waals surface area contributed by atoms with Crippen LogP contribution >= 0.6 is 0 Å². The highest BCUT2D eigenvalue weighted by Crippen LogP contribution is 2.23. The number of halogens is 1. The van der Waals surface area contributed by atoms with E-state index in [4.69, 9.17) is 10.00 Å². The third-order valence-electron chi connectivity index (χ3n) is 3.45. The first-order chi connectivity index (χ1) is 12.5. The van der Waals surface area contributed by atoms with Crippen LogP contribution in [0.2, 0.25) is 0 Å². The quantitative estimate of drug-likeness (QED) is 0.826. The van der Waals surface area contributed by atoms with Gasteiger partial charge in [-0.05, 0) is 30.3 Å². The monoisotopic (exact) mass is 350 g/mol. The number of rotatable bonds is 3. The molecule has 1 aliphatic rings. The van der Waals surface area contributed by atoms with Crippen molar-refractivity contribution in [3.8, 4) is 23.7 Å². The highest BCUT2D eigenvalue weighted by Gasteiger charge is 2.44. The van der Waals surface area contributed by atoms with Crippen LogP contribution in [0.15, 0.2) is 52.8 Å². The summed E-state index contributed by atoms with van der Waals surface area (Å²) in [4.78, 5) is 11.4. The minimum atomic E-state index is -1.88. The van der Waals surface area contributed by atoms with Crippen LogP contribution < -0.4 is 10.2 Å². The number of carboxylic acids is 1. The highest BCUT2D eigenvalue weighted by molar-refractivity contribution is 5.78. The van der Waals surface area contributed by atoms with Gasteiger partial charge in [0.15, 0.2) is 0 Å². The van der Waals surface area contributed by atoms with E-state index in [1.54, 1.807) is 24.3 Å². The van der Waals surface area contributed by atoms with Gasteiger partial charge >= 0.3 is 11.7 Å². The Labute approximate surface area is 147 Å². The fraction of sp³-hybridized carbons (Fsp3) is 0.111. The molecule has 0 bridgehead atoms. The first-order valence-corrected chi connectivity index (χ1v) is 7.40. The van der Waals surface area contributed by atoms with E-state index in [9.17, 15) is 14.3 Å². The Morgan fingerprint density at radius 2 is 2.00 bits per heavy atom. The molecule has 0 radical (unpaired) electrons. The van der Waals surface area contributed by atoms with Gasteiger partial charge in [0.25, 0.3) is 0 Å². The number of ether oxygens (including phenoxy) is 1. The number of hydrogen-bond acceptors (Lipinski definition) is 6. The molecule has 7 nitrogen and oxygen atoms in total. The molecule has 0 saturated carbocycles. The molecule has 128 valence electrons. The van der Waals surface area contributed by atoms with Crippen LogP contribution in [0.5, 0.6) is 5.75 Å². The molecular weight excluding hydrogens is 339 g/mol. The summed E-state index contributed by atoms with van der Waals surface area (Å²) in [6.45, 7) is -0.249. The van der Waals surface area contributed by atoms with Crippen molar-refractivity contribution in [3.05, 3.63) is 65.0 Å². The lowest BCUT2D eigenvalue weighted by molar-refractivity contribution is -0.156. The maximum atomic E-state index is 13.9. The Kier molecular flexibility index (Phi) is 4.50. The Balaban J connectivity index is 1.88. The normalized spacial score (nSPS) is 17.5. The molecule has 0 fully saturated rings. The number of hydrogen-bond donors (Lipinski definition) is 2. The molecule has 0 aromatic heterocycles. The van der Waals surface area contributed by atoms with E-state index in [0.717, 1.165) is 6.07 Å². The zero-order valence-corrected chi connectivity index (χ0v) is 13.2. The molecule has 1 heterocycles. The number of nitrogens with zero attached hydrogens (tertiary/aromatic N) is 3. The third-order valence-corrected chi connectivity index (χ3v) is 3.45. The number of nitriles is 1. The molecule has 0 saturated heterocycles. The summed E-state index contributed by atoms with van der Waals surface area (Å²) in [5.74, 6) is 3.60. The standard InChI is InChI=1S/C18H11FN4O3/c19-15-7-13(5-4-12-2-1-3-14(6-12)10-20)8-16(9-15)26-18(17(24)25)11-21-23-22-18/h1-3,6-9H,11H2,(H,21,22)(H,24,25). The maximum Gasteiger partial charge on any atom is 0.373 e. The van der Waals surface area contributed by atoms with E-state index in [0.29, 0.717) is 11.1 Å². The molecular formula is C18H11FN4O3. The summed E-state index contributed by atoms with van der Waals surface area (Å²) in [6, 6.07) is 12.3. The van der Waals surface area contributed by atoms with E-state index in [1.807, 2.05) is 6.07 Å². The van der Waals surface area contributed by atoms with Crippen molar-refractivity contribution in [2.75, 3.05) is 6.54 Å². The summed E-state index contributed by atoms with van der Waals surface area (Å²) >= 11 is 0. The molecule has 2 aromatic rings. The van der Waals surface area contributed by atoms with Crippen LogP contribution in [0.1, 0.15) is 16.7 Å². The van der Waals surface area contributed by atoms with Crippen molar-refractivity contribution in [2.24, 2.45) is 10.3 Å². The summed E-state index contributed by atoms with van der Waals surface area (Å²) < 4.78 is 19.3. The second-order valence-electron chi connectivity index (χ2n) is 5.36. The number of aliphatic carboxylic acids is 1. The Morgan fingerprint density at radius 3 is 2.69 bits per heavy atom. The van der Waals surface area contributed by atoms with Gasteiger partial charge in [-0.2, -0.15) is 10.4 Å². The molecule has 1 aliphatic heterocycles. The molecule has 3 rings (SSSR count). The van der Waals surface area contributed by atoms with Crippen LogP contribution in [-0.4, -0.2) is 23.3 Å². The van der Waals surface area contributed by atoms with Crippen molar-refractivity contribution in [1.82, 2.24) is 5.43 Å². The maximum absolute atomic E-state index is 13.9. The van der Waals surface area contributed by atoms with Crippen LogP contribution in [0.3, 0.4) is 0 Å². The van der Waals surface area contributed by atoms with E-state index in [-0.39, 0.29) is 17.9 Å². The van der Waals surface area contributed by atoms with Gasteiger partial charge in [-0.15, -0.1) is 0 Å².